The van der Waals surface area contributed by atoms with Crippen LogP contribution in [0.1, 0.15) is 45.1 Å². The second kappa shape index (κ2) is 8.15. The molecule has 118 valence electrons. The maximum absolute atomic E-state index is 11.3. The first-order valence-corrected chi connectivity index (χ1v) is 7.59. The molecule has 0 aliphatic carbocycles. The summed E-state index contributed by atoms with van der Waals surface area (Å²) >= 11 is 0. The van der Waals surface area contributed by atoms with Crippen LogP contribution >= 0.6 is 0 Å². The first-order valence-electron chi connectivity index (χ1n) is 7.59. The van der Waals surface area contributed by atoms with Crippen LogP contribution < -0.4 is 5.73 Å². The van der Waals surface area contributed by atoms with Crippen molar-refractivity contribution in [3.05, 3.63) is 35.9 Å². The van der Waals surface area contributed by atoms with E-state index in [0.29, 0.717) is 25.2 Å². The van der Waals surface area contributed by atoms with Crippen molar-refractivity contribution in [2.45, 2.75) is 57.6 Å². The van der Waals surface area contributed by atoms with Crippen LogP contribution in [0.15, 0.2) is 30.3 Å². The Labute approximate surface area is 127 Å². The van der Waals surface area contributed by atoms with Crippen molar-refractivity contribution in [1.82, 2.24) is 0 Å². The topological polar surface area (TPSA) is 83.5 Å². The van der Waals surface area contributed by atoms with E-state index in [9.17, 15) is 15.0 Å². The highest BCUT2D eigenvalue weighted by Crippen LogP contribution is 2.23. The maximum Gasteiger partial charge on any atom is 0.335 e. The standard InChI is InChI=1S/C17H27NO3/c1-13(2)8-10-17(21,16(19)20)11-9-15(18)12-14-6-4-3-5-7-14/h3-7,13,15,21H,8-12,18H2,1-2H3,(H,19,20). The number of carboxylic acid groups (broad SMARTS) is 1. The van der Waals surface area contributed by atoms with Gasteiger partial charge in [0, 0.05) is 6.04 Å². The van der Waals surface area contributed by atoms with Crippen LogP contribution in [0, 0.1) is 5.92 Å². The van der Waals surface area contributed by atoms with Crippen LogP contribution in [0.3, 0.4) is 0 Å². The molecule has 0 heterocycles. The Morgan fingerprint density at radius 3 is 2.29 bits per heavy atom. The summed E-state index contributed by atoms with van der Waals surface area (Å²) in [7, 11) is 0. The highest BCUT2D eigenvalue weighted by molar-refractivity contribution is 5.76. The van der Waals surface area contributed by atoms with Crippen molar-refractivity contribution in [2.75, 3.05) is 0 Å². The monoisotopic (exact) mass is 293 g/mol. The summed E-state index contributed by atoms with van der Waals surface area (Å²) in [6.45, 7) is 4.03. The van der Waals surface area contributed by atoms with Crippen molar-refractivity contribution >= 4 is 5.97 Å². The molecule has 0 aliphatic rings. The fourth-order valence-corrected chi connectivity index (χ4v) is 2.31. The summed E-state index contributed by atoms with van der Waals surface area (Å²) in [5, 5.41) is 19.6. The molecule has 1 rings (SSSR count). The van der Waals surface area contributed by atoms with Gasteiger partial charge in [-0.2, -0.15) is 0 Å². The zero-order valence-corrected chi connectivity index (χ0v) is 13.0. The number of hydrogen-bond acceptors (Lipinski definition) is 3. The summed E-state index contributed by atoms with van der Waals surface area (Å²) in [4.78, 5) is 11.3. The van der Waals surface area contributed by atoms with Gasteiger partial charge in [-0.3, -0.25) is 0 Å². The Hall–Kier alpha value is -1.39. The van der Waals surface area contributed by atoms with E-state index in [1.54, 1.807) is 0 Å². The predicted octanol–water partition coefficient (Wildman–Crippen LogP) is 2.59. The molecule has 4 N–H and O–H groups in total. The van der Waals surface area contributed by atoms with Gasteiger partial charge in [-0.15, -0.1) is 0 Å². The van der Waals surface area contributed by atoms with Gasteiger partial charge in [-0.25, -0.2) is 4.79 Å². The number of nitrogens with two attached hydrogens (primary N) is 1. The normalized spacial score (nSPS) is 15.7. The molecular weight excluding hydrogens is 266 g/mol. The van der Waals surface area contributed by atoms with Crippen LogP contribution in [0.5, 0.6) is 0 Å². The first kappa shape index (κ1) is 17.7. The minimum atomic E-state index is -1.65. The summed E-state index contributed by atoms with van der Waals surface area (Å²) < 4.78 is 0. The van der Waals surface area contributed by atoms with Gasteiger partial charge >= 0.3 is 5.97 Å². The third-order valence-corrected chi connectivity index (χ3v) is 3.80. The number of carbonyl (C=O) groups is 1. The smallest absolute Gasteiger partial charge is 0.335 e. The molecule has 0 fully saturated rings. The second-order valence-electron chi connectivity index (χ2n) is 6.26. The molecule has 0 saturated carbocycles. The fourth-order valence-electron chi connectivity index (χ4n) is 2.31. The molecule has 2 unspecified atom stereocenters. The van der Waals surface area contributed by atoms with Crippen molar-refractivity contribution in [2.24, 2.45) is 11.7 Å². The average Bonchev–Trinajstić information content (AvgIpc) is 2.44. The minimum Gasteiger partial charge on any atom is -0.479 e. The molecule has 2 atom stereocenters. The van der Waals surface area contributed by atoms with Crippen molar-refractivity contribution in [3.8, 4) is 0 Å². The van der Waals surface area contributed by atoms with Gasteiger partial charge in [-0.1, -0.05) is 44.2 Å². The lowest BCUT2D eigenvalue weighted by molar-refractivity contribution is -0.160. The molecular formula is C17H27NO3. The van der Waals surface area contributed by atoms with Crippen molar-refractivity contribution in [3.63, 3.8) is 0 Å². The van der Waals surface area contributed by atoms with Crippen LogP contribution in [0.2, 0.25) is 0 Å². The van der Waals surface area contributed by atoms with Gasteiger partial charge < -0.3 is 15.9 Å². The molecule has 0 aromatic heterocycles. The van der Waals surface area contributed by atoms with E-state index in [1.165, 1.54) is 0 Å². The quantitative estimate of drug-likeness (QED) is 0.653. The molecule has 4 nitrogen and oxygen atoms in total. The Morgan fingerprint density at radius 2 is 1.76 bits per heavy atom. The second-order valence-corrected chi connectivity index (χ2v) is 6.26. The van der Waals surface area contributed by atoms with Gasteiger partial charge in [0.1, 0.15) is 0 Å². The van der Waals surface area contributed by atoms with Gasteiger partial charge in [0.2, 0.25) is 0 Å². The molecule has 21 heavy (non-hydrogen) atoms. The largest absolute Gasteiger partial charge is 0.479 e. The van der Waals surface area contributed by atoms with E-state index in [4.69, 9.17) is 5.73 Å². The lowest BCUT2D eigenvalue weighted by Crippen LogP contribution is -2.40. The third-order valence-electron chi connectivity index (χ3n) is 3.80. The summed E-state index contributed by atoms with van der Waals surface area (Å²) in [6.07, 6.45) is 2.36. The van der Waals surface area contributed by atoms with Gasteiger partial charge in [0.05, 0.1) is 0 Å². The van der Waals surface area contributed by atoms with Gasteiger partial charge in [-0.05, 0) is 43.6 Å². The lowest BCUT2D eigenvalue weighted by Gasteiger charge is -2.25. The summed E-state index contributed by atoms with van der Waals surface area (Å²) in [6, 6.07) is 9.72. The first-order chi connectivity index (χ1) is 9.83. The molecule has 0 amide bonds. The van der Waals surface area contributed by atoms with E-state index < -0.39 is 11.6 Å². The number of rotatable bonds is 9. The Balaban J connectivity index is 2.50. The van der Waals surface area contributed by atoms with Crippen LogP contribution in [-0.4, -0.2) is 27.8 Å². The number of carboxylic acids is 1. The van der Waals surface area contributed by atoms with Gasteiger partial charge in [0.25, 0.3) is 0 Å². The van der Waals surface area contributed by atoms with E-state index in [1.807, 2.05) is 44.2 Å². The Morgan fingerprint density at radius 1 is 1.19 bits per heavy atom. The molecule has 0 spiro atoms. The SMILES string of the molecule is CC(C)CCC(O)(CCC(N)Cc1ccccc1)C(=O)O. The van der Waals surface area contributed by atoms with Crippen LogP contribution in [0.4, 0.5) is 0 Å². The summed E-state index contributed by atoms with van der Waals surface area (Å²) in [5.74, 6) is -0.774. The van der Waals surface area contributed by atoms with E-state index in [0.717, 1.165) is 5.56 Å². The number of hydrogen-bond donors (Lipinski definition) is 3. The molecule has 0 saturated heterocycles. The minimum absolute atomic E-state index is 0.141. The van der Waals surface area contributed by atoms with E-state index >= 15 is 0 Å². The zero-order valence-electron chi connectivity index (χ0n) is 13.0. The highest BCUT2D eigenvalue weighted by atomic mass is 16.4. The summed E-state index contributed by atoms with van der Waals surface area (Å²) in [5.41, 5.74) is 5.54. The predicted molar refractivity (Wildman–Crippen MR) is 84.0 cm³/mol. The third kappa shape index (κ3) is 6.27. The molecule has 0 aliphatic heterocycles. The molecule has 0 bridgehead atoms. The van der Waals surface area contributed by atoms with E-state index in [2.05, 4.69) is 0 Å². The molecule has 4 heteroatoms. The highest BCUT2D eigenvalue weighted by Gasteiger charge is 2.35. The maximum atomic E-state index is 11.3. The Kier molecular flexibility index (Phi) is 6.85. The Bertz CT molecular complexity index is 433. The molecule has 1 aromatic carbocycles. The molecule has 0 radical (unpaired) electrons. The zero-order chi connectivity index (χ0) is 15.9. The number of benzene rings is 1. The lowest BCUT2D eigenvalue weighted by atomic mass is 9.87. The average molecular weight is 293 g/mol. The van der Waals surface area contributed by atoms with Crippen molar-refractivity contribution in [1.29, 1.82) is 0 Å². The molecule has 1 aromatic rings. The number of aliphatic hydroxyl groups is 1. The fraction of sp³-hybridized carbons (Fsp3) is 0.588. The van der Waals surface area contributed by atoms with Crippen LogP contribution in [-0.2, 0) is 11.2 Å². The van der Waals surface area contributed by atoms with E-state index in [-0.39, 0.29) is 18.9 Å². The van der Waals surface area contributed by atoms with Gasteiger partial charge in [0.15, 0.2) is 5.60 Å². The van der Waals surface area contributed by atoms with Crippen LogP contribution in [0.25, 0.3) is 0 Å². The number of aliphatic carboxylic acids is 1. The van der Waals surface area contributed by atoms with Crippen molar-refractivity contribution < 1.29 is 15.0 Å².